The van der Waals surface area contributed by atoms with E-state index in [1.807, 2.05) is 0 Å². The van der Waals surface area contributed by atoms with E-state index in [0.717, 1.165) is 0 Å². The van der Waals surface area contributed by atoms with Crippen LogP contribution in [0.4, 0.5) is 5.82 Å². The zero-order valence-corrected chi connectivity index (χ0v) is 13.1. The maximum Gasteiger partial charge on any atom is 1.00 e. The average molecular weight is 305 g/mol. The number of halogens is 1. The van der Waals surface area contributed by atoms with E-state index in [1.54, 1.807) is 0 Å². The standard InChI is InChI=1S/C7H7ClN2O4S2.Na/c8-5-1-2-6(9-3-5)10-7(11)4-15-16(12,13)14;/h1-3H,4H2,(H,9,10,11)(H,12,13,14);/q;+1/p-1. The first kappa shape index (κ1) is 17.2. The van der Waals surface area contributed by atoms with Crippen LogP contribution >= 0.6 is 22.4 Å². The number of anilines is 1. The van der Waals surface area contributed by atoms with Crippen molar-refractivity contribution in [2.24, 2.45) is 0 Å². The fraction of sp³-hybridized carbons (Fsp3) is 0.143. The Hall–Kier alpha value is 0.170. The Morgan fingerprint density at radius 2 is 2.18 bits per heavy atom. The number of hydrogen-bond acceptors (Lipinski definition) is 6. The maximum atomic E-state index is 11.1. The Morgan fingerprint density at radius 1 is 1.53 bits per heavy atom. The summed E-state index contributed by atoms with van der Waals surface area (Å²) >= 11 is 5.57. The van der Waals surface area contributed by atoms with E-state index in [1.165, 1.54) is 18.3 Å². The number of pyridine rings is 1. The molecule has 0 aliphatic carbocycles. The van der Waals surface area contributed by atoms with Gasteiger partial charge in [0.15, 0.2) is 0 Å². The van der Waals surface area contributed by atoms with Gasteiger partial charge in [0.2, 0.25) is 5.91 Å². The predicted molar refractivity (Wildman–Crippen MR) is 60.0 cm³/mol. The molecule has 0 atom stereocenters. The van der Waals surface area contributed by atoms with Gasteiger partial charge in [-0.3, -0.25) is 4.79 Å². The number of rotatable bonds is 4. The largest absolute Gasteiger partial charge is 1.00 e. The minimum absolute atomic E-state index is 0. The number of amides is 1. The smallest absolute Gasteiger partial charge is 0.739 e. The van der Waals surface area contributed by atoms with Crippen molar-refractivity contribution in [3.63, 3.8) is 0 Å². The molecule has 0 bridgehead atoms. The molecule has 0 radical (unpaired) electrons. The molecule has 10 heteroatoms. The molecule has 0 saturated heterocycles. The van der Waals surface area contributed by atoms with Gasteiger partial charge < -0.3 is 9.87 Å². The first-order valence-electron chi connectivity index (χ1n) is 3.88. The molecule has 1 aromatic rings. The first-order chi connectivity index (χ1) is 7.37. The van der Waals surface area contributed by atoms with Gasteiger partial charge in [-0.05, 0) is 22.9 Å². The monoisotopic (exact) mass is 304 g/mol. The summed E-state index contributed by atoms with van der Waals surface area (Å²) in [6, 6.07) is 2.97. The quantitative estimate of drug-likeness (QED) is 0.387. The average Bonchev–Trinajstić information content (AvgIpc) is 2.18. The summed E-state index contributed by atoms with van der Waals surface area (Å²) in [5, 5.41) is 2.72. The Bertz CT molecular complexity index is 479. The molecule has 0 fully saturated rings. The van der Waals surface area contributed by atoms with Crippen LogP contribution < -0.4 is 34.9 Å². The summed E-state index contributed by atoms with van der Waals surface area (Å²) in [4.78, 5) is 14.9. The van der Waals surface area contributed by atoms with E-state index in [4.69, 9.17) is 11.6 Å². The molecule has 6 nitrogen and oxygen atoms in total. The van der Waals surface area contributed by atoms with Crippen molar-refractivity contribution in [2.45, 2.75) is 0 Å². The Labute approximate surface area is 129 Å². The van der Waals surface area contributed by atoms with Crippen molar-refractivity contribution in [2.75, 3.05) is 11.1 Å². The van der Waals surface area contributed by atoms with Gasteiger partial charge in [-0.15, -0.1) is 0 Å². The molecule has 1 N–H and O–H groups in total. The van der Waals surface area contributed by atoms with Crippen LogP contribution in [0, 0.1) is 0 Å². The topological polar surface area (TPSA) is 99.2 Å². The van der Waals surface area contributed by atoms with E-state index in [-0.39, 0.29) is 46.2 Å². The molecule has 0 aliphatic rings. The maximum absolute atomic E-state index is 11.1. The molecule has 0 unspecified atom stereocenters. The first-order valence-corrected chi connectivity index (χ1v) is 7.17. The normalized spacial score (nSPS) is 10.5. The third-order valence-electron chi connectivity index (χ3n) is 1.33. The molecule has 0 saturated carbocycles. The van der Waals surface area contributed by atoms with Crippen molar-refractivity contribution in [3.8, 4) is 0 Å². The van der Waals surface area contributed by atoms with Gasteiger partial charge in [-0.1, -0.05) is 11.6 Å². The van der Waals surface area contributed by atoms with E-state index < -0.39 is 20.8 Å². The van der Waals surface area contributed by atoms with Crippen LogP contribution in [0.5, 0.6) is 0 Å². The third-order valence-corrected chi connectivity index (χ3v) is 3.44. The molecule has 0 aliphatic heterocycles. The van der Waals surface area contributed by atoms with Gasteiger partial charge in [0.1, 0.15) is 15.0 Å². The summed E-state index contributed by atoms with van der Waals surface area (Å²) in [6.45, 7) is 0. The van der Waals surface area contributed by atoms with Crippen molar-refractivity contribution < 1.29 is 47.3 Å². The van der Waals surface area contributed by atoms with Crippen LogP contribution in [-0.2, 0) is 13.9 Å². The fourth-order valence-electron chi connectivity index (χ4n) is 0.754. The predicted octanol–water partition coefficient (Wildman–Crippen LogP) is -2.13. The van der Waals surface area contributed by atoms with Gasteiger partial charge >= 0.3 is 29.6 Å². The molecule has 1 rings (SSSR count). The van der Waals surface area contributed by atoms with Crippen molar-refractivity contribution in [1.82, 2.24) is 4.98 Å². The molecule has 1 amide bonds. The minimum atomic E-state index is -4.45. The third kappa shape index (κ3) is 7.98. The Balaban J connectivity index is 0.00000256. The number of aromatic nitrogens is 1. The summed E-state index contributed by atoms with van der Waals surface area (Å²) < 4.78 is 30.7. The summed E-state index contributed by atoms with van der Waals surface area (Å²) in [5.74, 6) is -0.867. The molecule has 0 spiro atoms. The zero-order chi connectivity index (χ0) is 12.2. The van der Waals surface area contributed by atoms with Crippen LogP contribution in [0.15, 0.2) is 18.3 Å². The molecular formula is C7H6ClN2NaO4S2. The second-order valence-electron chi connectivity index (χ2n) is 2.58. The number of nitrogens with zero attached hydrogens (tertiary/aromatic N) is 1. The van der Waals surface area contributed by atoms with E-state index >= 15 is 0 Å². The molecule has 88 valence electrons. The summed E-state index contributed by atoms with van der Waals surface area (Å²) in [6.07, 6.45) is 1.33. The Kier molecular flexibility index (Phi) is 7.65. The molecule has 17 heavy (non-hydrogen) atoms. The molecule has 0 aromatic carbocycles. The molecule has 1 heterocycles. The van der Waals surface area contributed by atoms with Crippen LogP contribution in [0.3, 0.4) is 0 Å². The number of nitrogens with one attached hydrogen (secondary N) is 1. The molecule has 1 aromatic heterocycles. The number of carbonyl (C=O) groups is 1. The fourth-order valence-corrected chi connectivity index (χ4v) is 1.94. The van der Waals surface area contributed by atoms with Crippen molar-refractivity contribution in [3.05, 3.63) is 23.4 Å². The Morgan fingerprint density at radius 3 is 2.65 bits per heavy atom. The molecular weight excluding hydrogens is 299 g/mol. The van der Waals surface area contributed by atoms with E-state index in [9.17, 15) is 17.8 Å². The number of hydrogen-bond donors (Lipinski definition) is 1. The van der Waals surface area contributed by atoms with E-state index in [2.05, 4.69) is 10.3 Å². The van der Waals surface area contributed by atoms with Gasteiger partial charge in [-0.2, -0.15) is 0 Å². The van der Waals surface area contributed by atoms with Gasteiger partial charge in [0.25, 0.3) is 0 Å². The van der Waals surface area contributed by atoms with Gasteiger partial charge in [-0.25, -0.2) is 13.4 Å². The van der Waals surface area contributed by atoms with Crippen LogP contribution in [0.25, 0.3) is 0 Å². The van der Waals surface area contributed by atoms with Crippen LogP contribution in [0.1, 0.15) is 0 Å². The van der Waals surface area contributed by atoms with Crippen molar-refractivity contribution in [1.29, 1.82) is 0 Å². The van der Waals surface area contributed by atoms with Crippen molar-refractivity contribution >= 4 is 43.3 Å². The van der Waals surface area contributed by atoms with Crippen LogP contribution in [0.2, 0.25) is 5.02 Å². The zero-order valence-electron chi connectivity index (χ0n) is 8.71. The second-order valence-corrected chi connectivity index (χ2v) is 6.29. The second kappa shape index (κ2) is 7.57. The van der Waals surface area contributed by atoms with Crippen LogP contribution in [-0.4, -0.2) is 29.6 Å². The SMILES string of the molecule is O=C(CSS(=O)(=O)[O-])Nc1ccc(Cl)cn1.[Na+]. The summed E-state index contributed by atoms with van der Waals surface area (Å²) in [7, 11) is -4.44. The van der Waals surface area contributed by atoms with Gasteiger partial charge in [0.05, 0.1) is 10.8 Å². The van der Waals surface area contributed by atoms with E-state index in [0.29, 0.717) is 5.02 Å². The number of carbonyl (C=O) groups excluding carboxylic acids is 1. The summed E-state index contributed by atoms with van der Waals surface area (Å²) in [5.41, 5.74) is 0. The minimum Gasteiger partial charge on any atom is -0.739 e. The van der Waals surface area contributed by atoms with Gasteiger partial charge in [0, 0.05) is 6.20 Å².